The Morgan fingerprint density at radius 1 is 1.32 bits per heavy atom. The number of primary amides is 1. The summed E-state index contributed by atoms with van der Waals surface area (Å²) in [5.74, 6) is -1.32. The normalized spacial score (nSPS) is 22.3. The van der Waals surface area contributed by atoms with Crippen molar-refractivity contribution >= 4 is 12.0 Å². The first kappa shape index (κ1) is 13.4. The van der Waals surface area contributed by atoms with Crippen LogP contribution in [-0.2, 0) is 16.1 Å². The van der Waals surface area contributed by atoms with Crippen LogP contribution in [0.1, 0.15) is 5.56 Å². The standard InChI is InChI=1S/C13H16N2O4/c14-12(17)10-6-15(7-11(10)16)13(18)19-8-9-4-2-1-3-5-9/h1-5,10-11,16H,6-8H2,(H2,14,17). The highest BCUT2D eigenvalue weighted by Gasteiger charge is 2.38. The molecule has 2 amide bonds. The quantitative estimate of drug-likeness (QED) is 0.809. The molecule has 1 fully saturated rings. The molecule has 1 saturated heterocycles. The lowest BCUT2D eigenvalue weighted by atomic mass is 10.1. The van der Waals surface area contributed by atoms with Gasteiger partial charge in [0.25, 0.3) is 0 Å². The Bertz CT molecular complexity index is 463. The van der Waals surface area contributed by atoms with Crippen LogP contribution in [-0.4, -0.2) is 41.2 Å². The Labute approximate surface area is 110 Å². The van der Waals surface area contributed by atoms with Crippen molar-refractivity contribution in [2.45, 2.75) is 12.7 Å². The maximum Gasteiger partial charge on any atom is 0.410 e. The first-order chi connectivity index (χ1) is 9.08. The Morgan fingerprint density at radius 2 is 2.00 bits per heavy atom. The second-order valence-electron chi connectivity index (χ2n) is 4.52. The van der Waals surface area contributed by atoms with Crippen molar-refractivity contribution < 1.29 is 19.4 Å². The van der Waals surface area contributed by atoms with Gasteiger partial charge in [0.15, 0.2) is 0 Å². The van der Waals surface area contributed by atoms with Crippen LogP contribution >= 0.6 is 0 Å². The number of hydrogen-bond acceptors (Lipinski definition) is 4. The molecule has 19 heavy (non-hydrogen) atoms. The van der Waals surface area contributed by atoms with Crippen molar-refractivity contribution in [1.82, 2.24) is 4.90 Å². The molecule has 1 aromatic rings. The number of amides is 2. The average Bonchev–Trinajstić information content (AvgIpc) is 2.79. The molecule has 0 radical (unpaired) electrons. The number of likely N-dealkylation sites (tertiary alicyclic amines) is 1. The zero-order valence-corrected chi connectivity index (χ0v) is 10.4. The summed E-state index contributed by atoms with van der Waals surface area (Å²) in [7, 11) is 0. The van der Waals surface area contributed by atoms with Crippen LogP contribution < -0.4 is 5.73 Å². The van der Waals surface area contributed by atoms with Gasteiger partial charge >= 0.3 is 6.09 Å². The maximum absolute atomic E-state index is 11.8. The highest BCUT2D eigenvalue weighted by Crippen LogP contribution is 2.17. The summed E-state index contributed by atoms with van der Waals surface area (Å²) in [6.45, 7) is 0.332. The molecule has 0 saturated carbocycles. The number of rotatable bonds is 3. The number of aliphatic hydroxyl groups is 1. The van der Waals surface area contributed by atoms with Crippen LogP contribution in [0, 0.1) is 5.92 Å². The smallest absolute Gasteiger partial charge is 0.410 e. The summed E-state index contributed by atoms with van der Waals surface area (Å²) < 4.78 is 5.11. The number of nitrogens with two attached hydrogens (primary N) is 1. The third-order valence-electron chi connectivity index (χ3n) is 3.12. The molecule has 6 heteroatoms. The molecule has 1 aromatic carbocycles. The molecule has 102 valence electrons. The second kappa shape index (κ2) is 5.71. The van der Waals surface area contributed by atoms with Gasteiger partial charge in [-0.3, -0.25) is 4.79 Å². The number of nitrogens with zero attached hydrogens (tertiary/aromatic N) is 1. The van der Waals surface area contributed by atoms with E-state index in [1.807, 2.05) is 30.3 Å². The van der Waals surface area contributed by atoms with E-state index in [4.69, 9.17) is 10.5 Å². The molecule has 2 unspecified atom stereocenters. The summed E-state index contributed by atoms with van der Waals surface area (Å²) in [4.78, 5) is 24.1. The van der Waals surface area contributed by atoms with Gasteiger partial charge in [-0.1, -0.05) is 30.3 Å². The summed E-state index contributed by atoms with van der Waals surface area (Å²) >= 11 is 0. The molecular formula is C13H16N2O4. The van der Waals surface area contributed by atoms with Crippen LogP contribution in [0.5, 0.6) is 0 Å². The van der Waals surface area contributed by atoms with Crippen molar-refractivity contribution in [2.24, 2.45) is 11.7 Å². The molecule has 0 spiro atoms. The van der Waals surface area contributed by atoms with E-state index < -0.39 is 24.0 Å². The van der Waals surface area contributed by atoms with Crippen LogP contribution in [0.4, 0.5) is 4.79 Å². The van der Waals surface area contributed by atoms with E-state index in [0.717, 1.165) is 5.56 Å². The van der Waals surface area contributed by atoms with Gasteiger partial charge in [-0.15, -0.1) is 0 Å². The molecule has 2 rings (SSSR count). The molecule has 0 aromatic heterocycles. The Morgan fingerprint density at radius 3 is 2.58 bits per heavy atom. The Balaban J connectivity index is 1.86. The largest absolute Gasteiger partial charge is 0.445 e. The predicted molar refractivity (Wildman–Crippen MR) is 66.9 cm³/mol. The average molecular weight is 264 g/mol. The minimum Gasteiger partial charge on any atom is -0.445 e. The van der Waals surface area contributed by atoms with E-state index in [0.29, 0.717) is 0 Å². The van der Waals surface area contributed by atoms with Crippen LogP contribution in [0.3, 0.4) is 0 Å². The van der Waals surface area contributed by atoms with Crippen molar-refractivity contribution in [1.29, 1.82) is 0 Å². The van der Waals surface area contributed by atoms with Gasteiger partial charge in [0.1, 0.15) is 6.61 Å². The summed E-state index contributed by atoms with van der Waals surface area (Å²) in [5, 5.41) is 9.61. The maximum atomic E-state index is 11.8. The lowest BCUT2D eigenvalue weighted by Gasteiger charge is -2.15. The predicted octanol–water partition coefficient (Wildman–Crippen LogP) is 0.101. The third kappa shape index (κ3) is 3.23. The fourth-order valence-corrected chi connectivity index (χ4v) is 2.03. The van der Waals surface area contributed by atoms with Gasteiger partial charge in [0.05, 0.1) is 18.6 Å². The molecule has 1 heterocycles. The highest BCUT2D eigenvalue weighted by atomic mass is 16.6. The van der Waals surface area contributed by atoms with Crippen LogP contribution in [0.25, 0.3) is 0 Å². The SMILES string of the molecule is NC(=O)C1CN(C(=O)OCc2ccccc2)CC1O. The fraction of sp³-hybridized carbons (Fsp3) is 0.385. The fourth-order valence-electron chi connectivity index (χ4n) is 2.03. The number of benzene rings is 1. The van der Waals surface area contributed by atoms with Gasteiger partial charge in [0, 0.05) is 6.54 Å². The molecule has 0 bridgehead atoms. The second-order valence-corrected chi connectivity index (χ2v) is 4.52. The summed E-state index contributed by atoms with van der Waals surface area (Å²) in [5.41, 5.74) is 6.01. The zero-order chi connectivity index (χ0) is 13.8. The van der Waals surface area contributed by atoms with E-state index in [1.165, 1.54) is 4.90 Å². The molecule has 2 atom stereocenters. The number of aliphatic hydroxyl groups excluding tert-OH is 1. The van der Waals surface area contributed by atoms with Gasteiger partial charge in [-0.25, -0.2) is 4.79 Å². The first-order valence-electron chi connectivity index (χ1n) is 6.01. The van der Waals surface area contributed by atoms with Crippen molar-refractivity contribution in [3.05, 3.63) is 35.9 Å². The Hall–Kier alpha value is -2.08. The van der Waals surface area contributed by atoms with E-state index >= 15 is 0 Å². The molecule has 3 N–H and O–H groups in total. The molecule has 6 nitrogen and oxygen atoms in total. The third-order valence-corrected chi connectivity index (χ3v) is 3.12. The van der Waals surface area contributed by atoms with E-state index in [1.54, 1.807) is 0 Å². The van der Waals surface area contributed by atoms with E-state index in [-0.39, 0.29) is 19.7 Å². The number of carbonyl (C=O) groups is 2. The van der Waals surface area contributed by atoms with Gasteiger partial charge < -0.3 is 20.5 Å². The van der Waals surface area contributed by atoms with Crippen LogP contribution in [0.2, 0.25) is 0 Å². The topological polar surface area (TPSA) is 92.9 Å². The number of hydrogen-bond donors (Lipinski definition) is 2. The van der Waals surface area contributed by atoms with E-state index in [2.05, 4.69) is 0 Å². The molecular weight excluding hydrogens is 248 g/mol. The number of β-amino-alcohol motifs (C(OH)–C–C–N with tert-alkyl or cyclic N) is 1. The van der Waals surface area contributed by atoms with Crippen LogP contribution in [0.15, 0.2) is 30.3 Å². The molecule has 0 aliphatic carbocycles. The Kier molecular flexibility index (Phi) is 4.01. The minimum atomic E-state index is -0.915. The first-order valence-corrected chi connectivity index (χ1v) is 6.01. The van der Waals surface area contributed by atoms with Gasteiger partial charge in [-0.05, 0) is 5.56 Å². The van der Waals surface area contributed by atoms with Gasteiger partial charge in [0.2, 0.25) is 5.91 Å². The summed E-state index contributed by atoms with van der Waals surface area (Å²) in [6, 6.07) is 9.27. The zero-order valence-electron chi connectivity index (χ0n) is 10.4. The van der Waals surface area contributed by atoms with Crippen molar-refractivity contribution in [3.63, 3.8) is 0 Å². The molecule has 1 aliphatic heterocycles. The summed E-state index contributed by atoms with van der Waals surface area (Å²) in [6.07, 6.45) is -1.46. The number of ether oxygens (including phenoxy) is 1. The lowest BCUT2D eigenvalue weighted by molar-refractivity contribution is -0.123. The van der Waals surface area contributed by atoms with Crippen molar-refractivity contribution in [2.75, 3.05) is 13.1 Å². The lowest BCUT2D eigenvalue weighted by Crippen LogP contribution is -2.33. The van der Waals surface area contributed by atoms with E-state index in [9.17, 15) is 14.7 Å². The highest BCUT2D eigenvalue weighted by molar-refractivity contribution is 5.79. The molecule has 1 aliphatic rings. The van der Waals surface area contributed by atoms with Gasteiger partial charge in [-0.2, -0.15) is 0 Å². The monoisotopic (exact) mass is 264 g/mol. The number of carbonyl (C=O) groups excluding carboxylic acids is 2. The van der Waals surface area contributed by atoms with Crippen molar-refractivity contribution in [3.8, 4) is 0 Å². The minimum absolute atomic E-state index is 0.0707.